The van der Waals surface area contributed by atoms with Crippen molar-refractivity contribution in [3.8, 4) is 5.75 Å². The Balaban J connectivity index is 1.61. The summed E-state index contributed by atoms with van der Waals surface area (Å²) in [6, 6.07) is 14.0. The van der Waals surface area contributed by atoms with Crippen molar-refractivity contribution in [2.45, 2.75) is 6.61 Å². The van der Waals surface area contributed by atoms with E-state index in [0.29, 0.717) is 31.9 Å². The molecule has 3 aromatic rings. The molecule has 1 aliphatic rings. The van der Waals surface area contributed by atoms with Gasteiger partial charge >= 0.3 is 6.03 Å². The van der Waals surface area contributed by atoms with E-state index in [9.17, 15) is 14.4 Å². The van der Waals surface area contributed by atoms with Gasteiger partial charge in [0.2, 0.25) is 0 Å². The summed E-state index contributed by atoms with van der Waals surface area (Å²) in [5.41, 5.74) is 1.39. The molecule has 0 saturated carbocycles. The van der Waals surface area contributed by atoms with Crippen LogP contribution in [-0.4, -0.2) is 17.8 Å². The Morgan fingerprint density at radius 1 is 0.886 bits per heavy atom. The predicted octanol–water partition coefficient (Wildman–Crippen LogP) is 7.42. The van der Waals surface area contributed by atoms with Gasteiger partial charge in [-0.1, -0.05) is 46.9 Å². The minimum absolute atomic E-state index is 0.161. The molecule has 1 fully saturated rings. The molecule has 4 rings (SSSR count). The molecule has 0 aliphatic carbocycles. The third-order valence-corrected chi connectivity index (χ3v) is 7.06. The molecule has 0 spiro atoms. The molecular formula is C24H13Br2Cl3N2O4. The number of carbonyl (C=O) groups is 3. The van der Waals surface area contributed by atoms with E-state index < -0.39 is 17.8 Å². The zero-order valence-electron chi connectivity index (χ0n) is 17.5. The van der Waals surface area contributed by atoms with Crippen molar-refractivity contribution in [1.29, 1.82) is 0 Å². The van der Waals surface area contributed by atoms with E-state index in [-0.39, 0.29) is 21.3 Å². The number of hydrogen-bond acceptors (Lipinski definition) is 4. The van der Waals surface area contributed by atoms with Gasteiger partial charge in [-0.3, -0.25) is 14.9 Å². The van der Waals surface area contributed by atoms with Crippen molar-refractivity contribution in [2.75, 3.05) is 4.90 Å². The van der Waals surface area contributed by atoms with E-state index in [0.717, 1.165) is 10.5 Å². The molecule has 11 heteroatoms. The predicted molar refractivity (Wildman–Crippen MR) is 143 cm³/mol. The fourth-order valence-electron chi connectivity index (χ4n) is 3.22. The highest BCUT2D eigenvalue weighted by Crippen LogP contribution is 2.36. The van der Waals surface area contributed by atoms with Crippen LogP contribution in [0.2, 0.25) is 15.1 Å². The number of imide groups is 2. The summed E-state index contributed by atoms with van der Waals surface area (Å²) in [5.74, 6) is -1.08. The van der Waals surface area contributed by atoms with Gasteiger partial charge in [0.25, 0.3) is 11.8 Å². The number of hydrogen-bond donors (Lipinski definition) is 1. The molecule has 0 unspecified atom stereocenters. The fraction of sp³-hybridized carbons (Fsp3) is 0.0417. The number of ether oxygens (including phenoxy) is 1. The largest absolute Gasteiger partial charge is 0.487 e. The maximum Gasteiger partial charge on any atom is 0.335 e. The summed E-state index contributed by atoms with van der Waals surface area (Å²) in [6.07, 6.45) is 1.38. The quantitative estimate of drug-likeness (QED) is 0.229. The van der Waals surface area contributed by atoms with Crippen LogP contribution in [0.15, 0.2) is 69.1 Å². The van der Waals surface area contributed by atoms with E-state index >= 15 is 0 Å². The molecule has 0 radical (unpaired) electrons. The maximum absolute atomic E-state index is 13.1. The molecule has 178 valence electrons. The van der Waals surface area contributed by atoms with Gasteiger partial charge in [0.1, 0.15) is 17.9 Å². The molecule has 0 bridgehead atoms. The number of amides is 4. The fourth-order valence-corrected chi connectivity index (χ4v) is 5.09. The van der Waals surface area contributed by atoms with E-state index in [4.69, 9.17) is 39.5 Å². The number of anilines is 1. The van der Waals surface area contributed by atoms with Crippen molar-refractivity contribution in [1.82, 2.24) is 5.32 Å². The van der Waals surface area contributed by atoms with E-state index in [1.165, 1.54) is 24.3 Å². The second-order valence-electron chi connectivity index (χ2n) is 7.29. The third kappa shape index (κ3) is 5.73. The van der Waals surface area contributed by atoms with Crippen LogP contribution in [0.5, 0.6) is 5.75 Å². The van der Waals surface area contributed by atoms with E-state index in [1.54, 1.807) is 24.3 Å². The summed E-state index contributed by atoms with van der Waals surface area (Å²) in [4.78, 5) is 38.8. The average molecular weight is 660 g/mol. The number of rotatable bonds is 5. The Morgan fingerprint density at radius 2 is 1.54 bits per heavy atom. The van der Waals surface area contributed by atoms with Crippen molar-refractivity contribution in [3.05, 3.63) is 95.3 Å². The Kier molecular flexibility index (Phi) is 7.88. The molecular weight excluding hydrogens is 646 g/mol. The van der Waals surface area contributed by atoms with Gasteiger partial charge in [0.15, 0.2) is 0 Å². The minimum atomic E-state index is -0.885. The van der Waals surface area contributed by atoms with E-state index in [1.807, 2.05) is 12.1 Å². The molecule has 1 heterocycles. The number of nitrogens with zero attached hydrogens (tertiary/aromatic N) is 1. The Bertz CT molecular complexity index is 1370. The number of barbiturate groups is 1. The van der Waals surface area contributed by atoms with Gasteiger partial charge in [0, 0.05) is 5.02 Å². The molecule has 1 saturated heterocycles. The average Bonchev–Trinajstić information content (AvgIpc) is 2.79. The lowest BCUT2D eigenvalue weighted by Gasteiger charge is -2.26. The Labute approximate surface area is 232 Å². The van der Waals surface area contributed by atoms with Gasteiger partial charge in [0.05, 0.1) is 24.7 Å². The van der Waals surface area contributed by atoms with Crippen LogP contribution >= 0.6 is 66.7 Å². The zero-order chi connectivity index (χ0) is 25.3. The summed E-state index contributed by atoms with van der Waals surface area (Å²) in [5, 5.41) is 3.23. The first kappa shape index (κ1) is 25.7. The number of benzene rings is 3. The van der Waals surface area contributed by atoms with Gasteiger partial charge < -0.3 is 4.74 Å². The van der Waals surface area contributed by atoms with Crippen LogP contribution < -0.4 is 15.0 Å². The molecule has 3 aromatic carbocycles. The normalized spacial score (nSPS) is 14.9. The zero-order valence-corrected chi connectivity index (χ0v) is 22.9. The first-order valence-electron chi connectivity index (χ1n) is 9.87. The molecule has 0 aromatic heterocycles. The number of halogens is 5. The SMILES string of the molecule is O=C1NC(=O)N(c2ccc(Cl)c(Cl)c2)C(=O)/C1=C/c1cc(Br)c(OCc2ccc(Cl)cc2)c(Br)c1. The highest BCUT2D eigenvalue weighted by molar-refractivity contribution is 9.11. The summed E-state index contributed by atoms with van der Waals surface area (Å²) < 4.78 is 7.09. The standard InChI is InChI=1S/C24H13Br2Cl3N2O4/c25-17-8-13(9-18(26)21(17)35-11-12-1-3-14(27)4-2-12)7-16-22(32)30-24(34)31(23(16)33)15-5-6-19(28)20(29)10-15/h1-10H,11H2,(H,30,32,34)/b16-7+. The highest BCUT2D eigenvalue weighted by Gasteiger charge is 2.37. The van der Waals surface area contributed by atoms with Crippen molar-refractivity contribution in [2.24, 2.45) is 0 Å². The van der Waals surface area contributed by atoms with Gasteiger partial charge in [-0.15, -0.1) is 0 Å². The van der Waals surface area contributed by atoms with Crippen LogP contribution in [0.25, 0.3) is 6.08 Å². The topological polar surface area (TPSA) is 75.7 Å². The van der Waals surface area contributed by atoms with Crippen LogP contribution in [-0.2, 0) is 16.2 Å². The monoisotopic (exact) mass is 656 g/mol. The van der Waals surface area contributed by atoms with Crippen LogP contribution in [0.3, 0.4) is 0 Å². The first-order valence-corrected chi connectivity index (χ1v) is 12.6. The first-order chi connectivity index (χ1) is 16.6. The van der Waals surface area contributed by atoms with Gasteiger partial charge in [-0.25, -0.2) is 9.69 Å². The molecule has 1 N–H and O–H groups in total. The van der Waals surface area contributed by atoms with Crippen LogP contribution in [0, 0.1) is 0 Å². The third-order valence-electron chi connectivity index (χ3n) is 4.89. The maximum atomic E-state index is 13.1. The molecule has 6 nitrogen and oxygen atoms in total. The van der Waals surface area contributed by atoms with Crippen LogP contribution in [0.4, 0.5) is 10.5 Å². The lowest BCUT2D eigenvalue weighted by molar-refractivity contribution is -0.122. The molecule has 4 amide bonds. The molecule has 35 heavy (non-hydrogen) atoms. The lowest BCUT2D eigenvalue weighted by atomic mass is 10.1. The number of nitrogens with one attached hydrogen (secondary N) is 1. The Hall–Kier alpha value is -2.36. The second-order valence-corrected chi connectivity index (χ2v) is 10.2. The lowest BCUT2D eigenvalue weighted by Crippen LogP contribution is -2.54. The summed E-state index contributed by atoms with van der Waals surface area (Å²) in [6.45, 7) is 0.302. The summed E-state index contributed by atoms with van der Waals surface area (Å²) in [7, 11) is 0. The van der Waals surface area contributed by atoms with Crippen LogP contribution in [0.1, 0.15) is 11.1 Å². The molecule has 0 atom stereocenters. The van der Waals surface area contributed by atoms with Crippen molar-refractivity contribution < 1.29 is 19.1 Å². The second kappa shape index (κ2) is 10.7. The minimum Gasteiger partial charge on any atom is -0.487 e. The smallest absolute Gasteiger partial charge is 0.335 e. The number of urea groups is 1. The van der Waals surface area contributed by atoms with Gasteiger partial charge in [-0.05, 0) is 91.5 Å². The summed E-state index contributed by atoms with van der Waals surface area (Å²) >= 11 is 24.8. The highest BCUT2D eigenvalue weighted by atomic mass is 79.9. The van der Waals surface area contributed by atoms with Crippen molar-refractivity contribution in [3.63, 3.8) is 0 Å². The van der Waals surface area contributed by atoms with Gasteiger partial charge in [-0.2, -0.15) is 0 Å². The van der Waals surface area contributed by atoms with Crippen molar-refractivity contribution >= 4 is 96.3 Å². The van der Waals surface area contributed by atoms with E-state index in [2.05, 4.69) is 37.2 Å². The Morgan fingerprint density at radius 3 is 2.17 bits per heavy atom. The number of carbonyl (C=O) groups excluding carboxylic acids is 3. The molecule has 1 aliphatic heterocycles.